The first-order valence-corrected chi connectivity index (χ1v) is 7.39. The molecule has 0 radical (unpaired) electrons. The van der Waals surface area contributed by atoms with Crippen molar-refractivity contribution in [2.75, 3.05) is 19.6 Å². The second-order valence-electron chi connectivity index (χ2n) is 6.65. The minimum atomic E-state index is 0.185. The summed E-state index contributed by atoms with van der Waals surface area (Å²) >= 11 is 0. The summed E-state index contributed by atoms with van der Waals surface area (Å²) in [7, 11) is 0. The average molecular weight is 254 g/mol. The normalized spacial score (nSPS) is 18.1. The molecule has 3 heteroatoms. The molecule has 0 aromatic rings. The molecular formula is C15H30N2O. The summed E-state index contributed by atoms with van der Waals surface area (Å²) < 4.78 is 0. The van der Waals surface area contributed by atoms with E-state index >= 15 is 0 Å². The van der Waals surface area contributed by atoms with Gasteiger partial charge < -0.3 is 10.6 Å². The minimum absolute atomic E-state index is 0.185. The maximum atomic E-state index is 11.8. The summed E-state index contributed by atoms with van der Waals surface area (Å²) in [5, 5.41) is 6.45. The predicted octanol–water partition coefficient (Wildman–Crippen LogP) is 2.56. The van der Waals surface area contributed by atoms with Gasteiger partial charge in [-0.3, -0.25) is 4.79 Å². The second kappa shape index (κ2) is 7.13. The lowest BCUT2D eigenvalue weighted by atomic mass is 9.81. The van der Waals surface area contributed by atoms with E-state index in [0.717, 1.165) is 32.0 Å². The lowest BCUT2D eigenvalue weighted by Gasteiger charge is -2.29. The molecule has 2 N–H and O–H groups in total. The molecule has 0 aliphatic carbocycles. The first-order chi connectivity index (χ1) is 8.42. The van der Waals surface area contributed by atoms with Gasteiger partial charge in [0.1, 0.15) is 0 Å². The number of piperidine rings is 1. The number of hydrogen-bond donors (Lipinski definition) is 2. The molecule has 1 rings (SSSR count). The van der Waals surface area contributed by atoms with Crippen molar-refractivity contribution in [2.24, 2.45) is 17.3 Å². The molecule has 0 bridgehead atoms. The molecule has 18 heavy (non-hydrogen) atoms. The van der Waals surface area contributed by atoms with Crippen molar-refractivity contribution in [3.63, 3.8) is 0 Å². The molecule has 1 saturated heterocycles. The van der Waals surface area contributed by atoms with Crippen LogP contribution in [-0.2, 0) is 4.79 Å². The Morgan fingerprint density at radius 1 is 1.33 bits per heavy atom. The van der Waals surface area contributed by atoms with Crippen LogP contribution in [0.1, 0.15) is 53.4 Å². The minimum Gasteiger partial charge on any atom is -0.356 e. The van der Waals surface area contributed by atoms with Gasteiger partial charge in [-0.05, 0) is 49.6 Å². The Kier molecular flexibility index (Phi) is 6.13. The summed E-state index contributed by atoms with van der Waals surface area (Å²) in [5.74, 6) is 1.56. The average Bonchev–Trinajstić information content (AvgIpc) is 2.35. The Bertz CT molecular complexity index is 255. The molecule has 0 spiro atoms. The van der Waals surface area contributed by atoms with Crippen LogP contribution in [0.4, 0.5) is 0 Å². The Labute approximate surface area is 112 Å². The summed E-state index contributed by atoms with van der Waals surface area (Å²) in [4.78, 5) is 11.8. The predicted molar refractivity (Wildman–Crippen MR) is 76.5 cm³/mol. The van der Waals surface area contributed by atoms with E-state index < -0.39 is 0 Å². The number of rotatable bonds is 6. The van der Waals surface area contributed by atoms with Crippen LogP contribution in [0.2, 0.25) is 0 Å². The highest BCUT2D eigenvalue weighted by molar-refractivity contribution is 5.75. The maximum absolute atomic E-state index is 11.8. The van der Waals surface area contributed by atoms with Crippen molar-refractivity contribution >= 4 is 5.91 Å². The van der Waals surface area contributed by atoms with Gasteiger partial charge in [0.25, 0.3) is 0 Å². The standard InChI is InChI=1S/C15H30N2O/c1-12(2)15(3,4)11-17-14(18)6-5-13-7-9-16-10-8-13/h12-13,16H,5-11H2,1-4H3,(H,17,18). The maximum Gasteiger partial charge on any atom is 0.220 e. The molecule has 0 aromatic heterocycles. The van der Waals surface area contributed by atoms with Crippen LogP contribution in [0.5, 0.6) is 0 Å². The number of carbonyl (C=O) groups excluding carboxylic acids is 1. The molecule has 1 aliphatic rings. The quantitative estimate of drug-likeness (QED) is 0.765. The van der Waals surface area contributed by atoms with Crippen molar-refractivity contribution in [2.45, 2.75) is 53.4 Å². The monoisotopic (exact) mass is 254 g/mol. The molecule has 0 atom stereocenters. The van der Waals surface area contributed by atoms with E-state index in [1.165, 1.54) is 12.8 Å². The van der Waals surface area contributed by atoms with Gasteiger partial charge in [0.05, 0.1) is 0 Å². The fourth-order valence-corrected chi connectivity index (χ4v) is 2.12. The molecule has 1 fully saturated rings. The van der Waals surface area contributed by atoms with Crippen molar-refractivity contribution < 1.29 is 4.79 Å². The Balaban J connectivity index is 2.17. The van der Waals surface area contributed by atoms with E-state index in [-0.39, 0.29) is 11.3 Å². The van der Waals surface area contributed by atoms with Crippen LogP contribution in [0.25, 0.3) is 0 Å². The lowest BCUT2D eigenvalue weighted by molar-refractivity contribution is -0.122. The summed E-state index contributed by atoms with van der Waals surface area (Å²) in [5.41, 5.74) is 0.185. The smallest absolute Gasteiger partial charge is 0.220 e. The van der Waals surface area contributed by atoms with Gasteiger partial charge in [-0.15, -0.1) is 0 Å². The van der Waals surface area contributed by atoms with Gasteiger partial charge in [0.2, 0.25) is 5.91 Å². The van der Waals surface area contributed by atoms with Crippen LogP contribution in [0, 0.1) is 17.3 Å². The van der Waals surface area contributed by atoms with Gasteiger partial charge in [0, 0.05) is 13.0 Å². The van der Waals surface area contributed by atoms with Crippen molar-refractivity contribution in [3.8, 4) is 0 Å². The van der Waals surface area contributed by atoms with Gasteiger partial charge in [-0.1, -0.05) is 27.7 Å². The summed E-state index contributed by atoms with van der Waals surface area (Å²) in [6.45, 7) is 11.9. The van der Waals surface area contributed by atoms with E-state index in [4.69, 9.17) is 0 Å². The molecule has 0 unspecified atom stereocenters. The summed E-state index contributed by atoms with van der Waals surface area (Å²) in [6, 6.07) is 0. The van der Waals surface area contributed by atoms with Gasteiger partial charge in [0.15, 0.2) is 0 Å². The molecule has 1 heterocycles. The first kappa shape index (κ1) is 15.5. The van der Waals surface area contributed by atoms with Gasteiger partial charge >= 0.3 is 0 Å². The number of carbonyl (C=O) groups is 1. The van der Waals surface area contributed by atoms with Gasteiger partial charge in [-0.25, -0.2) is 0 Å². The van der Waals surface area contributed by atoms with Crippen molar-refractivity contribution in [1.82, 2.24) is 10.6 Å². The topological polar surface area (TPSA) is 41.1 Å². The Morgan fingerprint density at radius 2 is 1.94 bits per heavy atom. The second-order valence-corrected chi connectivity index (χ2v) is 6.65. The third-order valence-electron chi connectivity index (χ3n) is 4.54. The van der Waals surface area contributed by atoms with Crippen molar-refractivity contribution in [3.05, 3.63) is 0 Å². The van der Waals surface area contributed by atoms with E-state index in [9.17, 15) is 4.79 Å². The molecule has 1 amide bonds. The van der Waals surface area contributed by atoms with Crippen LogP contribution in [0.3, 0.4) is 0 Å². The largest absolute Gasteiger partial charge is 0.356 e. The highest BCUT2D eigenvalue weighted by Gasteiger charge is 2.23. The van der Waals surface area contributed by atoms with Crippen LogP contribution >= 0.6 is 0 Å². The molecule has 3 nitrogen and oxygen atoms in total. The molecular weight excluding hydrogens is 224 g/mol. The third-order valence-corrected chi connectivity index (χ3v) is 4.54. The lowest BCUT2D eigenvalue weighted by Crippen LogP contribution is -2.37. The van der Waals surface area contributed by atoms with E-state index in [1.807, 2.05) is 0 Å². The number of nitrogens with one attached hydrogen (secondary N) is 2. The molecule has 1 aliphatic heterocycles. The molecule has 0 saturated carbocycles. The van der Waals surface area contributed by atoms with E-state index in [0.29, 0.717) is 12.3 Å². The van der Waals surface area contributed by atoms with Gasteiger partial charge in [-0.2, -0.15) is 0 Å². The first-order valence-electron chi connectivity index (χ1n) is 7.39. The molecule has 106 valence electrons. The number of amides is 1. The zero-order chi connectivity index (χ0) is 13.6. The third kappa shape index (κ3) is 5.38. The van der Waals surface area contributed by atoms with Crippen LogP contribution < -0.4 is 10.6 Å². The summed E-state index contributed by atoms with van der Waals surface area (Å²) in [6.07, 6.45) is 4.20. The van der Waals surface area contributed by atoms with E-state index in [1.54, 1.807) is 0 Å². The van der Waals surface area contributed by atoms with Crippen molar-refractivity contribution in [1.29, 1.82) is 0 Å². The van der Waals surface area contributed by atoms with E-state index in [2.05, 4.69) is 38.3 Å². The van der Waals surface area contributed by atoms with Crippen LogP contribution in [-0.4, -0.2) is 25.5 Å². The Hall–Kier alpha value is -0.570. The highest BCUT2D eigenvalue weighted by Crippen LogP contribution is 2.24. The zero-order valence-corrected chi connectivity index (χ0v) is 12.5. The SMILES string of the molecule is CC(C)C(C)(C)CNC(=O)CCC1CCNCC1. The highest BCUT2D eigenvalue weighted by atomic mass is 16.1. The molecule has 0 aromatic carbocycles. The van der Waals surface area contributed by atoms with Crippen LogP contribution in [0.15, 0.2) is 0 Å². The number of hydrogen-bond acceptors (Lipinski definition) is 2. The zero-order valence-electron chi connectivity index (χ0n) is 12.5. The Morgan fingerprint density at radius 3 is 2.50 bits per heavy atom. The fraction of sp³-hybridized carbons (Fsp3) is 0.933. The fourth-order valence-electron chi connectivity index (χ4n) is 2.12.